The molecule has 1 N–H and O–H groups in total. The van der Waals surface area contributed by atoms with Crippen LogP contribution in [0.2, 0.25) is 0 Å². The van der Waals surface area contributed by atoms with Crippen LogP contribution in [0.25, 0.3) is 11.2 Å². The third-order valence-corrected chi connectivity index (χ3v) is 4.54. The lowest BCUT2D eigenvalue weighted by Gasteiger charge is -2.29. The van der Waals surface area contributed by atoms with Crippen LogP contribution in [0.1, 0.15) is 5.69 Å². The van der Waals surface area contributed by atoms with Crippen molar-refractivity contribution in [1.29, 1.82) is 0 Å². The van der Waals surface area contributed by atoms with Crippen molar-refractivity contribution in [3.05, 3.63) is 52.8 Å². The molecule has 3 aromatic heterocycles. The van der Waals surface area contributed by atoms with Gasteiger partial charge in [0.1, 0.15) is 16.9 Å². The number of alkyl halides is 3. The van der Waals surface area contributed by atoms with Crippen LogP contribution in [-0.2, 0) is 6.54 Å². The van der Waals surface area contributed by atoms with Crippen LogP contribution in [0.3, 0.4) is 0 Å². The molecule has 29 heavy (non-hydrogen) atoms. The van der Waals surface area contributed by atoms with E-state index in [1.165, 1.54) is 29.2 Å². The van der Waals surface area contributed by atoms with E-state index < -0.39 is 12.1 Å². The maximum Gasteiger partial charge on any atom is 0.573 e. The first-order chi connectivity index (χ1) is 13.9. The van der Waals surface area contributed by atoms with E-state index in [1.54, 1.807) is 6.07 Å². The number of pyridine rings is 2. The summed E-state index contributed by atoms with van der Waals surface area (Å²) in [4.78, 5) is 27.6. The van der Waals surface area contributed by atoms with E-state index in [4.69, 9.17) is 0 Å². The Hall–Kier alpha value is -3.21. The first-order valence-electron chi connectivity index (χ1n) is 8.92. The summed E-state index contributed by atoms with van der Waals surface area (Å²) < 4.78 is 43.6. The Morgan fingerprint density at radius 2 is 1.86 bits per heavy atom. The summed E-state index contributed by atoms with van der Waals surface area (Å²) in [6.07, 6.45) is -0.600. The van der Waals surface area contributed by atoms with Crippen molar-refractivity contribution >= 4 is 16.9 Å². The number of halogens is 3. The van der Waals surface area contributed by atoms with Crippen molar-refractivity contribution in [1.82, 2.24) is 24.8 Å². The summed E-state index contributed by atoms with van der Waals surface area (Å²) in [6.45, 7) is 2.48. The lowest BCUT2D eigenvalue weighted by Crippen LogP contribution is -2.46. The molecule has 0 saturated carbocycles. The van der Waals surface area contributed by atoms with Gasteiger partial charge in [0.2, 0.25) is 0 Å². The van der Waals surface area contributed by atoms with E-state index >= 15 is 0 Å². The molecule has 8 nitrogen and oxygen atoms in total. The number of rotatable bonds is 4. The van der Waals surface area contributed by atoms with Crippen molar-refractivity contribution in [3.63, 3.8) is 0 Å². The van der Waals surface area contributed by atoms with Crippen LogP contribution in [-0.4, -0.2) is 52.1 Å². The topological polar surface area (TPSA) is 85.2 Å². The second kappa shape index (κ2) is 7.66. The van der Waals surface area contributed by atoms with Crippen LogP contribution in [0.4, 0.5) is 18.9 Å². The Bertz CT molecular complexity index is 1080. The van der Waals surface area contributed by atoms with Gasteiger partial charge in [-0.15, -0.1) is 13.2 Å². The predicted molar refractivity (Wildman–Crippen MR) is 98.9 cm³/mol. The fourth-order valence-corrected chi connectivity index (χ4v) is 3.27. The van der Waals surface area contributed by atoms with E-state index in [-0.39, 0.29) is 23.4 Å². The van der Waals surface area contributed by atoms with Crippen molar-refractivity contribution < 1.29 is 17.9 Å². The third kappa shape index (κ3) is 4.14. The van der Waals surface area contributed by atoms with Gasteiger partial charge in [-0.25, -0.2) is 4.98 Å². The molecule has 0 bridgehead atoms. The summed E-state index contributed by atoms with van der Waals surface area (Å²) in [7, 11) is 0. The SMILES string of the molecule is O=c1c(N2CCNCC2)cc2nccnc2n1Cc1ncccc1OC(F)(F)F. The fraction of sp³-hybridized carbons (Fsp3) is 0.333. The number of ether oxygens (including phenoxy) is 1. The largest absolute Gasteiger partial charge is 0.573 e. The fourth-order valence-electron chi connectivity index (χ4n) is 3.27. The number of hydrogen-bond acceptors (Lipinski definition) is 7. The average Bonchev–Trinajstić information content (AvgIpc) is 2.70. The molecule has 4 rings (SSSR count). The van der Waals surface area contributed by atoms with Gasteiger partial charge in [0.15, 0.2) is 11.4 Å². The Labute approximate surface area is 163 Å². The van der Waals surface area contributed by atoms with Crippen LogP contribution in [0.5, 0.6) is 5.75 Å². The normalized spacial score (nSPS) is 14.9. The minimum absolute atomic E-state index is 0.0312. The van der Waals surface area contributed by atoms with E-state index in [9.17, 15) is 18.0 Å². The molecule has 0 radical (unpaired) electrons. The number of nitrogens with zero attached hydrogens (tertiary/aromatic N) is 5. The minimum Gasteiger partial charge on any atom is -0.404 e. The number of nitrogens with one attached hydrogen (secondary N) is 1. The summed E-state index contributed by atoms with van der Waals surface area (Å²) in [5.41, 5.74) is 0.753. The molecule has 1 aliphatic rings. The molecular formula is C18H17F3N6O2. The van der Waals surface area contributed by atoms with Gasteiger partial charge in [0.05, 0.1) is 6.54 Å². The molecule has 3 aromatic rings. The molecule has 1 saturated heterocycles. The third-order valence-electron chi connectivity index (χ3n) is 4.54. The van der Waals surface area contributed by atoms with E-state index in [1.807, 2.05) is 4.90 Å². The summed E-state index contributed by atoms with van der Waals surface area (Å²) in [5.74, 6) is -0.462. The molecule has 11 heteroatoms. The highest BCUT2D eigenvalue weighted by Crippen LogP contribution is 2.26. The molecule has 0 unspecified atom stereocenters. The van der Waals surface area contributed by atoms with E-state index in [0.717, 1.165) is 19.2 Å². The lowest BCUT2D eigenvalue weighted by molar-refractivity contribution is -0.275. The van der Waals surface area contributed by atoms with Crippen molar-refractivity contribution in [3.8, 4) is 5.75 Å². The zero-order valence-electron chi connectivity index (χ0n) is 15.2. The number of fused-ring (bicyclic) bond motifs is 1. The lowest BCUT2D eigenvalue weighted by atomic mass is 10.2. The molecule has 0 atom stereocenters. The smallest absolute Gasteiger partial charge is 0.404 e. The number of aromatic nitrogens is 4. The molecule has 0 aliphatic carbocycles. The molecule has 0 spiro atoms. The van der Waals surface area contributed by atoms with Crippen LogP contribution >= 0.6 is 0 Å². The average molecular weight is 406 g/mol. The Kier molecular flexibility index (Phi) is 5.05. The van der Waals surface area contributed by atoms with Crippen molar-refractivity contribution in [2.24, 2.45) is 0 Å². The van der Waals surface area contributed by atoms with Crippen LogP contribution in [0, 0.1) is 0 Å². The van der Waals surface area contributed by atoms with Gasteiger partial charge in [0.25, 0.3) is 5.56 Å². The van der Waals surface area contributed by atoms with Gasteiger partial charge in [-0.2, -0.15) is 0 Å². The Morgan fingerprint density at radius 1 is 1.10 bits per heavy atom. The first-order valence-corrected chi connectivity index (χ1v) is 8.92. The highest BCUT2D eigenvalue weighted by Gasteiger charge is 2.32. The zero-order valence-corrected chi connectivity index (χ0v) is 15.2. The molecule has 1 aliphatic heterocycles. The molecule has 0 amide bonds. The molecular weight excluding hydrogens is 389 g/mol. The van der Waals surface area contributed by atoms with Gasteiger partial charge < -0.3 is 15.0 Å². The van der Waals surface area contributed by atoms with Crippen molar-refractivity contribution in [2.75, 3.05) is 31.1 Å². The molecule has 1 fully saturated rings. The predicted octanol–water partition coefficient (Wildman–Crippen LogP) is 1.54. The summed E-state index contributed by atoms with van der Waals surface area (Å²) >= 11 is 0. The maximum absolute atomic E-state index is 13.2. The highest BCUT2D eigenvalue weighted by molar-refractivity contribution is 5.75. The quantitative estimate of drug-likeness (QED) is 0.704. The number of piperazine rings is 1. The van der Waals surface area contributed by atoms with Crippen LogP contribution < -0.4 is 20.5 Å². The summed E-state index contributed by atoms with van der Waals surface area (Å²) in [5, 5.41) is 3.21. The Morgan fingerprint density at radius 3 is 2.62 bits per heavy atom. The van der Waals surface area contributed by atoms with Crippen molar-refractivity contribution in [2.45, 2.75) is 12.9 Å². The molecule has 4 heterocycles. The summed E-state index contributed by atoms with van der Waals surface area (Å²) in [6, 6.07) is 4.16. The maximum atomic E-state index is 13.2. The molecule has 0 aromatic carbocycles. The van der Waals surface area contributed by atoms with E-state index in [2.05, 4.69) is 25.0 Å². The van der Waals surface area contributed by atoms with Gasteiger partial charge in [-0.05, 0) is 18.2 Å². The van der Waals surface area contributed by atoms with Gasteiger partial charge >= 0.3 is 6.36 Å². The second-order valence-corrected chi connectivity index (χ2v) is 6.42. The number of anilines is 1. The standard InChI is InChI=1S/C18H17F3N6O2/c19-18(20,21)29-15-2-1-3-23-13(15)11-27-16-12(24-4-5-25-16)10-14(17(27)28)26-8-6-22-7-9-26/h1-5,10,22H,6-9,11H2. The van der Waals surface area contributed by atoms with Gasteiger partial charge in [0, 0.05) is 44.8 Å². The molecule has 152 valence electrons. The number of hydrogen-bond donors (Lipinski definition) is 1. The minimum atomic E-state index is -4.87. The van der Waals surface area contributed by atoms with Gasteiger partial charge in [-0.3, -0.25) is 19.3 Å². The highest BCUT2D eigenvalue weighted by atomic mass is 19.4. The zero-order chi connectivity index (χ0) is 20.4. The van der Waals surface area contributed by atoms with Gasteiger partial charge in [-0.1, -0.05) is 0 Å². The van der Waals surface area contributed by atoms with E-state index in [0.29, 0.717) is 24.3 Å². The monoisotopic (exact) mass is 406 g/mol. The first kappa shape index (κ1) is 19.1. The Balaban J connectivity index is 1.82. The second-order valence-electron chi connectivity index (χ2n) is 6.42. The van der Waals surface area contributed by atoms with Crippen LogP contribution in [0.15, 0.2) is 41.6 Å².